The first-order valence-corrected chi connectivity index (χ1v) is 5.07. The maximum atomic E-state index is 5.03. The number of nitrogens with zero attached hydrogens (tertiary/aromatic N) is 2. The minimum absolute atomic E-state index is 0.733. The van der Waals surface area contributed by atoms with Crippen molar-refractivity contribution in [2.75, 3.05) is 20.3 Å². The van der Waals surface area contributed by atoms with E-state index < -0.39 is 0 Å². The summed E-state index contributed by atoms with van der Waals surface area (Å²) in [4.78, 5) is 4.12. The van der Waals surface area contributed by atoms with E-state index in [2.05, 4.69) is 21.8 Å². The number of aromatic nitrogens is 2. The monoisotopic (exact) mass is 197 g/mol. The lowest BCUT2D eigenvalue weighted by Crippen LogP contribution is -2.17. The van der Waals surface area contributed by atoms with Crippen molar-refractivity contribution in [1.82, 2.24) is 14.9 Å². The molecule has 0 aliphatic heterocycles. The molecule has 0 unspecified atom stereocenters. The number of nitrogens with one attached hydrogen (secondary N) is 1. The molecule has 4 nitrogen and oxygen atoms in total. The van der Waals surface area contributed by atoms with Gasteiger partial charge in [0.1, 0.15) is 0 Å². The molecule has 0 radical (unpaired) electrons. The van der Waals surface area contributed by atoms with E-state index in [1.807, 2.05) is 12.5 Å². The van der Waals surface area contributed by atoms with Crippen LogP contribution in [0.2, 0.25) is 0 Å². The Hall–Kier alpha value is -0.870. The first kappa shape index (κ1) is 11.2. The Bertz CT molecular complexity index is 247. The van der Waals surface area contributed by atoms with Crippen LogP contribution in [0.3, 0.4) is 0 Å². The molecule has 80 valence electrons. The lowest BCUT2D eigenvalue weighted by Gasteiger charge is -2.07. The highest BCUT2D eigenvalue weighted by atomic mass is 16.5. The van der Waals surface area contributed by atoms with Crippen LogP contribution in [0, 0.1) is 0 Å². The van der Waals surface area contributed by atoms with Gasteiger partial charge in [0.15, 0.2) is 0 Å². The van der Waals surface area contributed by atoms with Crippen molar-refractivity contribution in [1.29, 1.82) is 0 Å². The third-order valence-electron chi connectivity index (χ3n) is 2.07. The third kappa shape index (κ3) is 3.47. The van der Waals surface area contributed by atoms with E-state index >= 15 is 0 Å². The lowest BCUT2D eigenvalue weighted by atomic mass is 10.4. The second kappa shape index (κ2) is 6.56. The Balaban J connectivity index is 2.37. The highest BCUT2D eigenvalue weighted by Crippen LogP contribution is 1.98. The summed E-state index contributed by atoms with van der Waals surface area (Å²) >= 11 is 0. The van der Waals surface area contributed by atoms with Crippen LogP contribution in [-0.4, -0.2) is 29.8 Å². The molecule has 0 fully saturated rings. The van der Waals surface area contributed by atoms with Crippen molar-refractivity contribution in [3.05, 3.63) is 18.2 Å². The van der Waals surface area contributed by atoms with Gasteiger partial charge in [-0.15, -0.1) is 0 Å². The van der Waals surface area contributed by atoms with E-state index in [0.717, 1.165) is 32.7 Å². The molecule has 0 atom stereocenters. The Morgan fingerprint density at radius 2 is 2.43 bits per heavy atom. The van der Waals surface area contributed by atoms with Gasteiger partial charge in [0.05, 0.1) is 18.6 Å². The number of rotatable bonds is 7. The molecule has 0 aromatic carbocycles. The first-order chi connectivity index (χ1) is 6.88. The fourth-order valence-corrected chi connectivity index (χ4v) is 1.28. The minimum atomic E-state index is 0.733. The molecule has 1 aromatic heterocycles. The summed E-state index contributed by atoms with van der Waals surface area (Å²) in [7, 11) is 1.71. The smallest absolute Gasteiger partial charge is 0.0949 e. The molecular weight excluding hydrogens is 178 g/mol. The lowest BCUT2D eigenvalue weighted by molar-refractivity contribution is 0.186. The van der Waals surface area contributed by atoms with Crippen molar-refractivity contribution in [2.24, 2.45) is 0 Å². The van der Waals surface area contributed by atoms with Crippen LogP contribution in [0.5, 0.6) is 0 Å². The highest BCUT2D eigenvalue weighted by molar-refractivity contribution is 4.97. The van der Waals surface area contributed by atoms with Crippen LogP contribution >= 0.6 is 0 Å². The van der Waals surface area contributed by atoms with Crippen LogP contribution in [-0.2, 0) is 17.8 Å². The number of imidazole rings is 1. The van der Waals surface area contributed by atoms with Crippen LogP contribution in [0.25, 0.3) is 0 Å². The van der Waals surface area contributed by atoms with Gasteiger partial charge in [-0.2, -0.15) is 0 Å². The summed E-state index contributed by atoms with van der Waals surface area (Å²) in [6.45, 7) is 5.71. The summed E-state index contributed by atoms with van der Waals surface area (Å²) in [6, 6.07) is 0. The summed E-state index contributed by atoms with van der Waals surface area (Å²) in [5.74, 6) is 0. The second-order valence-corrected chi connectivity index (χ2v) is 3.25. The average Bonchev–Trinajstić information content (AvgIpc) is 2.63. The topological polar surface area (TPSA) is 39.1 Å². The number of hydrogen-bond donors (Lipinski definition) is 1. The highest BCUT2D eigenvalue weighted by Gasteiger charge is 2.00. The summed E-state index contributed by atoms with van der Waals surface area (Å²) in [5, 5.41) is 3.35. The van der Waals surface area contributed by atoms with Gasteiger partial charge in [-0.25, -0.2) is 4.98 Å². The third-order valence-corrected chi connectivity index (χ3v) is 2.07. The molecule has 1 aromatic rings. The van der Waals surface area contributed by atoms with E-state index in [0.29, 0.717) is 0 Å². The van der Waals surface area contributed by atoms with E-state index in [1.54, 1.807) is 7.11 Å². The summed E-state index contributed by atoms with van der Waals surface area (Å²) < 4.78 is 7.14. The molecular formula is C10H19N3O. The average molecular weight is 197 g/mol. The van der Waals surface area contributed by atoms with Crippen molar-refractivity contribution in [3.63, 3.8) is 0 Å². The molecule has 1 heterocycles. The largest absolute Gasteiger partial charge is 0.383 e. The second-order valence-electron chi connectivity index (χ2n) is 3.25. The van der Waals surface area contributed by atoms with Crippen LogP contribution in [0.1, 0.15) is 19.0 Å². The van der Waals surface area contributed by atoms with E-state index in [4.69, 9.17) is 4.74 Å². The molecule has 0 bridgehead atoms. The van der Waals surface area contributed by atoms with Gasteiger partial charge >= 0.3 is 0 Å². The molecule has 0 saturated carbocycles. The zero-order valence-electron chi connectivity index (χ0n) is 8.99. The molecule has 0 aliphatic rings. The standard InChI is InChI=1S/C10H19N3O/c1-3-4-11-7-10-8-12-9-13(10)5-6-14-2/h8-9,11H,3-7H2,1-2H3. The molecule has 14 heavy (non-hydrogen) atoms. The van der Waals surface area contributed by atoms with Gasteiger partial charge in [0.2, 0.25) is 0 Å². The van der Waals surface area contributed by atoms with Crippen molar-refractivity contribution in [2.45, 2.75) is 26.4 Å². The SMILES string of the molecule is CCCNCc1cncn1CCOC. The predicted octanol–water partition coefficient (Wildman–Crippen LogP) is 1.03. The Morgan fingerprint density at radius 3 is 3.14 bits per heavy atom. The summed E-state index contributed by atoms with van der Waals surface area (Å²) in [5.41, 5.74) is 1.22. The van der Waals surface area contributed by atoms with Gasteiger partial charge in [-0.3, -0.25) is 0 Å². The van der Waals surface area contributed by atoms with E-state index in [1.165, 1.54) is 5.69 Å². The Labute approximate surface area is 85.3 Å². The molecule has 1 rings (SSSR count). The number of hydrogen-bond acceptors (Lipinski definition) is 3. The summed E-state index contributed by atoms with van der Waals surface area (Å²) in [6.07, 6.45) is 4.91. The maximum absolute atomic E-state index is 5.03. The van der Waals surface area contributed by atoms with E-state index in [-0.39, 0.29) is 0 Å². The molecule has 0 spiro atoms. The molecule has 1 N–H and O–H groups in total. The minimum Gasteiger partial charge on any atom is -0.383 e. The van der Waals surface area contributed by atoms with Gasteiger partial charge in [-0.05, 0) is 13.0 Å². The van der Waals surface area contributed by atoms with Crippen molar-refractivity contribution < 1.29 is 4.74 Å². The Kier molecular flexibility index (Phi) is 5.25. The zero-order chi connectivity index (χ0) is 10.2. The van der Waals surface area contributed by atoms with Gasteiger partial charge < -0.3 is 14.6 Å². The van der Waals surface area contributed by atoms with Crippen molar-refractivity contribution >= 4 is 0 Å². The first-order valence-electron chi connectivity index (χ1n) is 5.07. The molecule has 0 saturated heterocycles. The van der Waals surface area contributed by atoms with Crippen LogP contribution < -0.4 is 5.32 Å². The quantitative estimate of drug-likeness (QED) is 0.664. The number of methoxy groups -OCH3 is 1. The van der Waals surface area contributed by atoms with Gasteiger partial charge in [0, 0.05) is 26.4 Å². The van der Waals surface area contributed by atoms with Gasteiger partial charge in [-0.1, -0.05) is 6.92 Å². The normalized spacial score (nSPS) is 10.7. The van der Waals surface area contributed by atoms with Crippen LogP contribution in [0.15, 0.2) is 12.5 Å². The van der Waals surface area contributed by atoms with E-state index in [9.17, 15) is 0 Å². The molecule has 4 heteroatoms. The Morgan fingerprint density at radius 1 is 1.57 bits per heavy atom. The fraction of sp³-hybridized carbons (Fsp3) is 0.700. The molecule has 0 amide bonds. The zero-order valence-corrected chi connectivity index (χ0v) is 8.99. The van der Waals surface area contributed by atoms with Crippen LogP contribution in [0.4, 0.5) is 0 Å². The van der Waals surface area contributed by atoms with Gasteiger partial charge in [0.25, 0.3) is 0 Å². The number of ether oxygens (including phenoxy) is 1. The predicted molar refractivity (Wildman–Crippen MR) is 56.1 cm³/mol. The van der Waals surface area contributed by atoms with Crippen molar-refractivity contribution in [3.8, 4) is 0 Å². The maximum Gasteiger partial charge on any atom is 0.0949 e. The fourth-order valence-electron chi connectivity index (χ4n) is 1.28. The molecule has 0 aliphatic carbocycles.